The lowest BCUT2D eigenvalue weighted by Gasteiger charge is -2.42. The second kappa shape index (κ2) is 11.5. The topological polar surface area (TPSA) is 146 Å². The molecule has 4 N–H and O–H groups in total. The largest absolute Gasteiger partial charge is 0.366 e. The molecule has 2 atom stereocenters. The number of halogens is 1. The zero-order chi connectivity index (χ0) is 29.1. The molecule has 1 aliphatic carbocycles. The first-order chi connectivity index (χ1) is 19.7. The van der Waals surface area contributed by atoms with Crippen LogP contribution in [0, 0.1) is 19.7 Å². The fourth-order valence-corrected chi connectivity index (χ4v) is 5.47. The van der Waals surface area contributed by atoms with Gasteiger partial charge in [-0.3, -0.25) is 14.7 Å². The van der Waals surface area contributed by atoms with Crippen LogP contribution in [0.3, 0.4) is 0 Å². The van der Waals surface area contributed by atoms with Crippen LogP contribution < -0.4 is 16.0 Å². The Morgan fingerprint density at radius 1 is 1.24 bits per heavy atom. The molecular weight excluding hydrogens is 527 g/mol. The Hall–Kier alpha value is -4.55. The lowest BCUT2D eigenvalue weighted by molar-refractivity contribution is -0.141. The van der Waals surface area contributed by atoms with Gasteiger partial charge in [0.2, 0.25) is 12.3 Å². The smallest absolute Gasteiger partial charge is 0.248 e. The van der Waals surface area contributed by atoms with Crippen LogP contribution in [0.4, 0.5) is 16.0 Å². The van der Waals surface area contributed by atoms with Crippen LogP contribution in [0.15, 0.2) is 48.5 Å². The summed E-state index contributed by atoms with van der Waals surface area (Å²) in [6, 6.07) is 3.49. The monoisotopic (exact) mass is 562 g/mol. The Labute approximate surface area is 237 Å². The van der Waals surface area contributed by atoms with Gasteiger partial charge in [0.25, 0.3) is 0 Å². The number of rotatable bonds is 9. The number of aryl methyl sites for hydroxylation is 2. The molecule has 13 heteroatoms. The third-order valence-electron chi connectivity index (χ3n) is 7.91. The number of nitrogens with zero attached hydrogens (tertiary/aromatic N) is 6. The first kappa shape index (κ1) is 28.0. The molecule has 0 spiro atoms. The lowest BCUT2D eigenvalue weighted by Crippen LogP contribution is -2.60. The fraction of sp³-hybridized carbons (Fsp3) is 0.429. The van der Waals surface area contributed by atoms with Gasteiger partial charge in [-0.05, 0) is 58.1 Å². The van der Waals surface area contributed by atoms with Crippen LogP contribution in [-0.2, 0) is 9.59 Å². The van der Waals surface area contributed by atoms with E-state index < -0.39 is 11.4 Å². The van der Waals surface area contributed by atoms with Crippen LogP contribution in [0.5, 0.6) is 0 Å². The number of hydrogen-bond acceptors (Lipinski definition) is 8. The number of anilines is 2. The van der Waals surface area contributed by atoms with Gasteiger partial charge in [-0.1, -0.05) is 6.08 Å². The van der Waals surface area contributed by atoms with Gasteiger partial charge in [0.05, 0.1) is 18.4 Å². The van der Waals surface area contributed by atoms with E-state index in [0.29, 0.717) is 49.6 Å². The Kier molecular flexibility index (Phi) is 7.86. The summed E-state index contributed by atoms with van der Waals surface area (Å²) in [5, 5.41) is 20.4. The van der Waals surface area contributed by atoms with E-state index in [-0.39, 0.29) is 24.0 Å². The van der Waals surface area contributed by atoms with E-state index in [1.807, 2.05) is 45.1 Å². The molecule has 216 valence electrons. The molecule has 2 unspecified atom stereocenters. The lowest BCUT2D eigenvalue weighted by atomic mass is 9.75. The van der Waals surface area contributed by atoms with E-state index in [9.17, 15) is 14.0 Å². The van der Waals surface area contributed by atoms with E-state index in [1.165, 1.54) is 10.9 Å². The average molecular weight is 563 g/mol. The molecule has 3 aromatic heterocycles. The first-order valence-corrected chi connectivity index (χ1v) is 13.6. The highest BCUT2D eigenvalue weighted by Gasteiger charge is 2.45. The van der Waals surface area contributed by atoms with Crippen LogP contribution in [0.25, 0.3) is 0 Å². The number of carbonyl (C=O) groups is 2. The molecule has 5 rings (SSSR count). The molecule has 1 aliphatic heterocycles. The Morgan fingerprint density at radius 2 is 2.02 bits per heavy atom. The Morgan fingerprint density at radius 3 is 2.63 bits per heavy atom. The van der Waals surface area contributed by atoms with Crippen LogP contribution in [0.2, 0.25) is 0 Å². The molecule has 0 radical (unpaired) electrons. The molecule has 2 aliphatic rings. The van der Waals surface area contributed by atoms with E-state index in [2.05, 4.69) is 36.2 Å². The number of dihydropyridines is 1. The van der Waals surface area contributed by atoms with E-state index in [4.69, 9.17) is 4.98 Å². The van der Waals surface area contributed by atoms with E-state index >= 15 is 0 Å². The van der Waals surface area contributed by atoms with Crippen LogP contribution in [0.1, 0.15) is 61.9 Å². The SMILES string of the molecule is Cc1cc(Nc2cc(C)[nH]n2)nc(C2CCC(NC=O)(C(=O)N(C)C(C)C3=CNC(n4cc(F)cn4)C=C3)CC2)n1. The summed E-state index contributed by atoms with van der Waals surface area (Å²) in [6.07, 6.45) is 10.5. The summed E-state index contributed by atoms with van der Waals surface area (Å²) in [5.41, 5.74) is 1.63. The van der Waals surface area contributed by atoms with Gasteiger partial charge >= 0.3 is 0 Å². The summed E-state index contributed by atoms with van der Waals surface area (Å²) >= 11 is 0. The molecule has 0 bridgehead atoms. The summed E-state index contributed by atoms with van der Waals surface area (Å²) in [5.74, 6) is 1.54. The predicted molar refractivity (Wildman–Crippen MR) is 150 cm³/mol. The summed E-state index contributed by atoms with van der Waals surface area (Å²) in [6.45, 7) is 5.78. The van der Waals surface area contributed by atoms with Gasteiger partial charge in [-0.25, -0.2) is 19.0 Å². The molecule has 3 aromatic rings. The summed E-state index contributed by atoms with van der Waals surface area (Å²) < 4.78 is 14.8. The number of nitrogens with one attached hydrogen (secondary N) is 4. The van der Waals surface area contributed by atoms with Gasteiger partial charge < -0.3 is 20.9 Å². The average Bonchev–Trinajstić information content (AvgIpc) is 3.59. The molecule has 2 amide bonds. The molecule has 1 fully saturated rings. The van der Waals surface area contributed by atoms with Crippen molar-refractivity contribution in [2.45, 2.75) is 70.1 Å². The molecule has 0 saturated heterocycles. The van der Waals surface area contributed by atoms with Crippen LogP contribution >= 0.6 is 0 Å². The van der Waals surface area contributed by atoms with Gasteiger partial charge in [0, 0.05) is 42.7 Å². The highest BCUT2D eigenvalue weighted by Crippen LogP contribution is 2.38. The molecule has 4 heterocycles. The minimum absolute atomic E-state index is 0.0470. The van der Waals surface area contributed by atoms with Crippen molar-refractivity contribution >= 4 is 24.0 Å². The molecule has 41 heavy (non-hydrogen) atoms. The van der Waals surface area contributed by atoms with E-state index in [1.54, 1.807) is 18.1 Å². The Balaban J connectivity index is 1.25. The number of carbonyl (C=O) groups excluding carboxylic acids is 2. The zero-order valence-corrected chi connectivity index (χ0v) is 23.6. The normalized spacial score (nSPS) is 22.8. The van der Waals surface area contributed by atoms with Crippen molar-refractivity contribution < 1.29 is 14.0 Å². The number of aromatic nitrogens is 6. The van der Waals surface area contributed by atoms with Crippen molar-refractivity contribution in [3.8, 4) is 0 Å². The third-order valence-corrected chi connectivity index (χ3v) is 7.91. The van der Waals surface area contributed by atoms with Crippen molar-refractivity contribution in [3.63, 3.8) is 0 Å². The van der Waals surface area contributed by atoms with Crippen molar-refractivity contribution in [1.82, 2.24) is 45.5 Å². The maximum Gasteiger partial charge on any atom is 0.248 e. The molecule has 12 nitrogen and oxygen atoms in total. The Bertz CT molecular complexity index is 1470. The molecular formula is C28H35FN10O2. The number of H-pyrrole nitrogens is 1. The van der Waals surface area contributed by atoms with Crippen molar-refractivity contribution in [3.05, 3.63) is 71.5 Å². The third kappa shape index (κ3) is 5.98. The second-order valence-electron chi connectivity index (χ2n) is 10.8. The van der Waals surface area contributed by atoms with Gasteiger partial charge in [0.15, 0.2) is 11.6 Å². The maximum absolute atomic E-state index is 13.9. The van der Waals surface area contributed by atoms with Crippen LogP contribution in [-0.4, -0.2) is 65.8 Å². The highest BCUT2D eigenvalue weighted by molar-refractivity contribution is 5.89. The summed E-state index contributed by atoms with van der Waals surface area (Å²) in [7, 11) is 1.75. The number of amides is 2. The summed E-state index contributed by atoms with van der Waals surface area (Å²) in [4.78, 5) is 36.6. The minimum Gasteiger partial charge on any atom is -0.366 e. The highest BCUT2D eigenvalue weighted by atomic mass is 19.1. The number of hydrogen-bond donors (Lipinski definition) is 4. The van der Waals surface area contributed by atoms with Gasteiger partial charge in [-0.15, -0.1) is 0 Å². The zero-order valence-electron chi connectivity index (χ0n) is 23.6. The van der Waals surface area contributed by atoms with Crippen molar-refractivity contribution in [2.24, 2.45) is 0 Å². The molecule has 0 aromatic carbocycles. The minimum atomic E-state index is -1.01. The van der Waals surface area contributed by atoms with Crippen molar-refractivity contribution in [1.29, 1.82) is 0 Å². The van der Waals surface area contributed by atoms with Crippen molar-refractivity contribution in [2.75, 3.05) is 12.4 Å². The number of aromatic amines is 1. The van der Waals surface area contributed by atoms with E-state index in [0.717, 1.165) is 23.2 Å². The second-order valence-corrected chi connectivity index (χ2v) is 10.8. The first-order valence-electron chi connectivity index (χ1n) is 13.6. The molecule has 1 saturated carbocycles. The standard InChI is InChI=1S/C28H35FN10O2/c1-17-11-23(34-24-12-18(2)36-37-24)35-26(33-17)20-7-9-28(10-8-20,31-16-40)27(41)38(4)19(3)21-5-6-25(30-13-21)39-15-22(29)14-32-39/h5-6,11-16,19-20,25,30H,7-10H2,1-4H3,(H,31,40)(H2,33,34,35,36,37). The maximum atomic E-state index is 13.9. The van der Waals surface area contributed by atoms with Gasteiger partial charge in [-0.2, -0.15) is 10.2 Å². The fourth-order valence-electron chi connectivity index (χ4n) is 5.47. The predicted octanol–water partition coefficient (Wildman–Crippen LogP) is 3.13. The van der Waals surface area contributed by atoms with Gasteiger partial charge in [0.1, 0.15) is 23.3 Å². The quantitative estimate of drug-likeness (QED) is 0.291. The number of likely N-dealkylation sites (N-methyl/N-ethyl adjacent to an activating group) is 1.